The van der Waals surface area contributed by atoms with Crippen LogP contribution in [0, 0.1) is 0 Å². The van der Waals surface area contributed by atoms with E-state index in [0.717, 1.165) is 24.2 Å². The van der Waals surface area contributed by atoms with Crippen molar-refractivity contribution < 1.29 is 17.9 Å². The quantitative estimate of drug-likeness (QED) is 0.680. The maximum Gasteiger partial charge on any atom is 0.244 e. The second kappa shape index (κ2) is 7.81. The first-order valence-corrected chi connectivity index (χ1v) is 11.3. The number of hydrogen-bond acceptors (Lipinski definition) is 4. The van der Waals surface area contributed by atoms with Gasteiger partial charge in [-0.3, -0.25) is 0 Å². The molecule has 1 atom stereocenters. The normalized spacial score (nSPS) is 18.4. The van der Waals surface area contributed by atoms with E-state index >= 15 is 0 Å². The van der Waals surface area contributed by atoms with Gasteiger partial charge in [0.1, 0.15) is 22.0 Å². The van der Waals surface area contributed by atoms with Crippen LogP contribution in [0.5, 0.6) is 11.5 Å². The molecule has 0 bridgehead atoms. The number of para-hydroxylation sites is 1. The number of methoxy groups -OCH3 is 1. The van der Waals surface area contributed by atoms with Gasteiger partial charge in [0.05, 0.1) is 13.2 Å². The molecule has 2 aromatic carbocycles. The van der Waals surface area contributed by atoms with Gasteiger partial charge >= 0.3 is 0 Å². The molecule has 0 spiro atoms. The van der Waals surface area contributed by atoms with Crippen LogP contribution in [0.4, 0.5) is 0 Å². The third kappa shape index (κ3) is 4.00. The van der Waals surface area contributed by atoms with Crippen LogP contribution in [0.15, 0.2) is 51.8 Å². The standard InChI is InChI=1S/C20H24BrNO4S/c1-4-20(5-2)13-16(15-8-6-7-9-17(15)26-20)22-27(23,24)19-12-14(21)10-11-18(19)25-3/h6-12,16,22H,4-5,13H2,1-3H3/t16-/m1/s1. The lowest BCUT2D eigenvalue weighted by atomic mass is 9.84. The summed E-state index contributed by atoms with van der Waals surface area (Å²) in [6, 6.07) is 12.2. The molecule has 146 valence electrons. The molecule has 7 heteroatoms. The minimum Gasteiger partial charge on any atom is -0.495 e. The molecular weight excluding hydrogens is 430 g/mol. The molecule has 1 N–H and O–H groups in total. The zero-order valence-electron chi connectivity index (χ0n) is 15.7. The highest BCUT2D eigenvalue weighted by molar-refractivity contribution is 9.10. The number of benzene rings is 2. The maximum absolute atomic E-state index is 13.2. The molecule has 0 fully saturated rings. The van der Waals surface area contributed by atoms with E-state index in [4.69, 9.17) is 9.47 Å². The number of fused-ring (bicyclic) bond motifs is 1. The molecule has 1 heterocycles. The van der Waals surface area contributed by atoms with Crippen molar-refractivity contribution in [2.75, 3.05) is 7.11 Å². The number of halogens is 1. The van der Waals surface area contributed by atoms with Crippen LogP contribution in [0.2, 0.25) is 0 Å². The molecule has 0 radical (unpaired) electrons. The molecule has 0 unspecified atom stereocenters. The summed E-state index contributed by atoms with van der Waals surface area (Å²) in [6.07, 6.45) is 2.18. The summed E-state index contributed by atoms with van der Waals surface area (Å²) in [5.41, 5.74) is 0.468. The molecule has 3 rings (SSSR count). The number of hydrogen-bond donors (Lipinski definition) is 1. The van der Waals surface area contributed by atoms with Gasteiger partial charge < -0.3 is 9.47 Å². The molecular formula is C20H24BrNO4S. The van der Waals surface area contributed by atoms with Gasteiger partial charge in [0.2, 0.25) is 10.0 Å². The summed E-state index contributed by atoms with van der Waals surface area (Å²) in [7, 11) is -2.33. The van der Waals surface area contributed by atoms with Crippen molar-refractivity contribution >= 4 is 26.0 Å². The Labute approximate surface area is 169 Å². The van der Waals surface area contributed by atoms with E-state index in [2.05, 4.69) is 34.5 Å². The molecule has 0 saturated carbocycles. The minimum absolute atomic E-state index is 0.113. The van der Waals surface area contributed by atoms with Gasteiger partial charge in [-0.15, -0.1) is 0 Å². The van der Waals surface area contributed by atoms with E-state index in [1.54, 1.807) is 18.2 Å². The molecule has 1 aliphatic rings. The van der Waals surface area contributed by atoms with Crippen molar-refractivity contribution in [3.63, 3.8) is 0 Å². The second-order valence-corrected chi connectivity index (χ2v) is 9.30. The first kappa shape index (κ1) is 20.2. The zero-order valence-corrected chi connectivity index (χ0v) is 18.1. The van der Waals surface area contributed by atoms with Gasteiger partial charge in [-0.1, -0.05) is 48.0 Å². The number of sulfonamides is 1. The second-order valence-electron chi connectivity index (χ2n) is 6.70. The summed E-state index contributed by atoms with van der Waals surface area (Å²) in [5.74, 6) is 1.05. The predicted octanol–water partition coefficient (Wildman–Crippen LogP) is 4.82. The van der Waals surface area contributed by atoms with Crippen molar-refractivity contribution in [2.45, 2.75) is 49.6 Å². The van der Waals surface area contributed by atoms with Crippen LogP contribution in [0.25, 0.3) is 0 Å². The van der Waals surface area contributed by atoms with Crippen molar-refractivity contribution in [2.24, 2.45) is 0 Å². The van der Waals surface area contributed by atoms with Crippen LogP contribution in [0.3, 0.4) is 0 Å². The molecule has 0 amide bonds. The van der Waals surface area contributed by atoms with Crippen molar-refractivity contribution in [3.8, 4) is 11.5 Å². The van der Waals surface area contributed by atoms with Gasteiger partial charge in [0.15, 0.2) is 0 Å². The average Bonchev–Trinajstić information content (AvgIpc) is 2.67. The molecule has 27 heavy (non-hydrogen) atoms. The Kier molecular flexibility index (Phi) is 5.84. The Hall–Kier alpha value is -1.57. The zero-order chi connectivity index (χ0) is 19.7. The van der Waals surface area contributed by atoms with Gasteiger partial charge in [0.25, 0.3) is 0 Å². The van der Waals surface area contributed by atoms with Gasteiger partial charge in [-0.25, -0.2) is 13.1 Å². The lowest BCUT2D eigenvalue weighted by Crippen LogP contribution is -2.44. The number of ether oxygens (including phenoxy) is 2. The first-order chi connectivity index (χ1) is 12.8. The number of nitrogens with one attached hydrogen (secondary N) is 1. The number of rotatable bonds is 6. The lowest BCUT2D eigenvalue weighted by molar-refractivity contribution is 0.0260. The average molecular weight is 454 g/mol. The molecule has 0 aromatic heterocycles. The van der Waals surface area contributed by atoms with Gasteiger partial charge in [-0.2, -0.15) is 0 Å². The first-order valence-electron chi connectivity index (χ1n) is 8.98. The minimum atomic E-state index is -3.80. The Bertz CT molecular complexity index is 925. The van der Waals surface area contributed by atoms with Crippen molar-refractivity contribution in [1.82, 2.24) is 4.72 Å². The summed E-state index contributed by atoms with van der Waals surface area (Å²) < 4.78 is 41.4. The van der Waals surface area contributed by atoms with Crippen molar-refractivity contribution in [1.29, 1.82) is 0 Å². The smallest absolute Gasteiger partial charge is 0.244 e. The Morgan fingerprint density at radius 2 is 1.93 bits per heavy atom. The third-order valence-electron chi connectivity index (χ3n) is 5.20. The van der Waals surface area contributed by atoms with Crippen LogP contribution >= 0.6 is 15.9 Å². The highest BCUT2D eigenvalue weighted by Gasteiger charge is 2.40. The maximum atomic E-state index is 13.2. The van der Waals surface area contributed by atoms with E-state index in [1.807, 2.05) is 24.3 Å². The Morgan fingerprint density at radius 3 is 2.59 bits per heavy atom. The van der Waals surface area contributed by atoms with E-state index in [9.17, 15) is 8.42 Å². The predicted molar refractivity (Wildman–Crippen MR) is 109 cm³/mol. The van der Waals surface area contributed by atoms with Crippen LogP contribution in [0.1, 0.15) is 44.7 Å². The third-order valence-corrected chi connectivity index (χ3v) is 7.18. The SMILES string of the molecule is CCC1(CC)C[C@@H](NS(=O)(=O)c2cc(Br)ccc2OC)c2ccccc2O1. The van der Waals surface area contributed by atoms with E-state index in [-0.39, 0.29) is 16.5 Å². The van der Waals surface area contributed by atoms with Gasteiger partial charge in [0, 0.05) is 16.5 Å². The fourth-order valence-electron chi connectivity index (χ4n) is 3.52. The fourth-order valence-corrected chi connectivity index (χ4v) is 5.44. The summed E-state index contributed by atoms with van der Waals surface area (Å²) in [5, 5.41) is 0. The topological polar surface area (TPSA) is 64.6 Å². The molecule has 0 aliphatic carbocycles. The fraction of sp³-hybridized carbons (Fsp3) is 0.400. The van der Waals surface area contributed by atoms with E-state index < -0.39 is 10.0 Å². The summed E-state index contributed by atoms with van der Waals surface area (Å²) >= 11 is 3.34. The largest absolute Gasteiger partial charge is 0.495 e. The Balaban J connectivity index is 2.02. The van der Waals surface area contributed by atoms with Gasteiger partial charge in [-0.05, 0) is 37.1 Å². The van der Waals surface area contributed by atoms with Crippen molar-refractivity contribution in [3.05, 3.63) is 52.5 Å². The van der Waals surface area contributed by atoms with E-state index in [1.165, 1.54) is 7.11 Å². The summed E-state index contributed by atoms with van der Waals surface area (Å²) in [6.45, 7) is 4.14. The highest BCUT2D eigenvalue weighted by Crippen LogP contribution is 2.43. The molecule has 5 nitrogen and oxygen atoms in total. The lowest BCUT2D eigenvalue weighted by Gasteiger charge is -2.41. The van der Waals surface area contributed by atoms with Crippen LogP contribution < -0.4 is 14.2 Å². The van der Waals surface area contributed by atoms with Crippen LogP contribution in [-0.4, -0.2) is 21.1 Å². The molecule has 1 aliphatic heterocycles. The van der Waals surface area contributed by atoms with E-state index in [0.29, 0.717) is 16.6 Å². The monoisotopic (exact) mass is 453 g/mol. The molecule has 2 aromatic rings. The summed E-state index contributed by atoms with van der Waals surface area (Å²) in [4.78, 5) is 0.113. The highest BCUT2D eigenvalue weighted by atomic mass is 79.9. The molecule has 0 saturated heterocycles. The van der Waals surface area contributed by atoms with Crippen LogP contribution in [-0.2, 0) is 10.0 Å². The Morgan fingerprint density at radius 1 is 1.22 bits per heavy atom.